The Labute approximate surface area is 220 Å². The van der Waals surface area contributed by atoms with Crippen LogP contribution in [0.3, 0.4) is 0 Å². The van der Waals surface area contributed by atoms with Crippen LogP contribution in [0.4, 0.5) is 10.5 Å². The number of anilines is 1. The van der Waals surface area contributed by atoms with Crippen molar-refractivity contribution >= 4 is 23.6 Å². The van der Waals surface area contributed by atoms with Gasteiger partial charge in [-0.2, -0.15) is 0 Å². The molecule has 1 unspecified atom stereocenters. The first kappa shape index (κ1) is 28.0. The Balaban J connectivity index is 1.90. The van der Waals surface area contributed by atoms with Crippen LogP contribution < -0.4 is 10.6 Å². The summed E-state index contributed by atoms with van der Waals surface area (Å²) in [5, 5.41) is 5.91. The number of urea groups is 1. The minimum atomic E-state index is -0.695. The maximum Gasteiger partial charge on any atom is 0.338 e. The first-order valence-electron chi connectivity index (χ1n) is 12.9. The molecule has 3 rings (SSSR count). The Morgan fingerprint density at radius 3 is 2.38 bits per heavy atom. The van der Waals surface area contributed by atoms with Crippen molar-refractivity contribution in [3.63, 3.8) is 0 Å². The van der Waals surface area contributed by atoms with Crippen LogP contribution in [0, 0.1) is 0 Å². The molecule has 0 bridgehead atoms. The van der Waals surface area contributed by atoms with Crippen molar-refractivity contribution in [2.45, 2.75) is 78.9 Å². The molecule has 7 nitrogen and oxygen atoms in total. The summed E-state index contributed by atoms with van der Waals surface area (Å²) in [6.07, 6.45) is 1.44. The highest BCUT2D eigenvalue weighted by Crippen LogP contribution is 2.33. The van der Waals surface area contributed by atoms with Crippen LogP contribution in [0.5, 0.6) is 0 Å². The van der Waals surface area contributed by atoms with Gasteiger partial charge in [0.15, 0.2) is 0 Å². The number of benzene rings is 2. The van der Waals surface area contributed by atoms with Gasteiger partial charge in [0.05, 0.1) is 17.7 Å². The summed E-state index contributed by atoms with van der Waals surface area (Å²) in [6, 6.07) is 13.8. The van der Waals surface area contributed by atoms with E-state index in [0.717, 1.165) is 18.4 Å². The second kappa shape index (κ2) is 11.6. The summed E-state index contributed by atoms with van der Waals surface area (Å²) in [6.45, 7) is 14.3. The Morgan fingerprint density at radius 1 is 1.11 bits per heavy atom. The zero-order chi connectivity index (χ0) is 27.3. The predicted molar refractivity (Wildman–Crippen MR) is 146 cm³/mol. The molecule has 2 N–H and O–H groups in total. The van der Waals surface area contributed by atoms with Crippen molar-refractivity contribution in [2.24, 2.45) is 0 Å². The minimum absolute atomic E-state index is 0.0000378. The van der Waals surface area contributed by atoms with E-state index < -0.39 is 12.0 Å². The highest BCUT2D eigenvalue weighted by atomic mass is 16.5. The van der Waals surface area contributed by atoms with E-state index in [9.17, 15) is 14.4 Å². The van der Waals surface area contributed by atoms with Gasteiger partial charge in [-0.05, 0) is 68.0 Å². The van der Waals surface area contributed by atoms with Gasteiger partial charge in [-0.25, -0.2) is 9.59 Å². The van der Waals surface area contributed by atoms with Gasteiger partial charge in [0.2, 0.25) is 0 Å². The zero-order valence-corrected chi connectivity index (χ0v) is 23.0. The van der Waals surface area contributed by atoms with Crippen LogP contribution in [-0.4, -0.2) is 35.5 Å². The van der Waals surface area contributed by atoms with E-state index in [4.69, 9.17) is 4.74 Å². The Hall–Kier alpha value is -3.61. The van der Waals surface area contributed by atoms with Crippen molar-refractivity contribution in [3.05, 3.63) is 76.5 Å². The second-order valence-electron chi connectivity index (χ2n) is 10.7. The molecule has 2 aromatic carbocycles. The van der Waals surface area contributed by atoms with Crippen molar-refractivity contribution in [1.82, 2.24) is 10.2 Å². The summed E-state index contributed by atoms with van der Waals surface area (Å²) in [4.78, 5) is 40.7. The second-order valence-corrected chi connectivity index (χ2v) is 10.7. The average molecular weight is 506 g/mol. The summed E-state index contributed by atoms with van der Waals surface area (Å²) < 4.78 is 5.54. The molecule has 0 aliphatic carbocycles. The van der Waals surface area contributed by atoms with Crippen molar-refractivity contribution in [1.29, 1.82) is 0 Å². The molecular formula is C30H39N3O4. The lowest BCUT2D eigenvalue weighted by atomic mass is 9.86. The lowest BCUT2D eigenvalue weighted by molar-refractivity contribution is -0.143. The highest BCUT2D eigenvalue weighted by molar-refractivity contribution is 6.04. The SMILES string of the molecule is CCCCN1C(=O)NC(c2cccc(NC(=O)c3ccc(C(C)(C)C)cc3)c2)C(C(=O)OC(C)C)=C1C. The average Bonchev–Trinajstić information content (AvgIpc) is 2.82. The monoisotopic (exact) mass is 505 g/mol. The number of hydrogen-bond donors (Lipinski definition) is 2. The van der Waals surface area contributed by atoms with Gasteiger partial charge in [0.1, 0.15) is 0 Å². The Bertz CT molecular complexity index is 1180. The Morgan fingerprint density at radius 2 is 1.78 bits per heavy atom. The molecule has 0 spiro atoms. The third-order valence-electron chi connectivity index (χ3n) is 6.39. The van der Waals surface area contributed by atoms with Gasteiger partial charge in [-0.15, -0.1) is 0 Å². The first-order chi connectivity index (χ1) is 17.4. The number of rotatable bonds is 8. The molecular weight excluding hydrogens is 466 g/mol. The standard InChI is InChI=1S/C30H39N3O4/c1-8-9-17-33-20(4)25(28(35)37-19(2)3)26(32-29(33)36)22-11-10-12-24(18-22)31-27(34)21-13-15-23(16-14-21)30(5,6)7/h10-16,18-19,26H,8-9,17H2,1-7H3,(H,31,34)(H,32,36). The van der Waals surface area contributed by atoms with E-state index in [1.54, 1.807) is 43.9 Å². The highest BCUT2D eigenvalue weighted by Gasteiger charge is 2.36. The summed E-state index contributed by atoms with van der Waals surface area (Å²) in [5.41, 5.74) is 3.92. The fraction of sp³-hybridized carbons (Fsp3) is 0.433. The van der Waals surface area contributed by atoms with Crippen LogP contribution in [0.15, 0.2) is 59.8 Å². The number of nitrogens with one attached hydrogen (secondary N) is 2. The maximum atomic E-state index is 13.1. The molecule has 0 saturated carbocycles. The van der Waals surface area contributed by atoms with E-state index in [2.05, 4.69) is 38.3 Å². The lowest BCUT2D eigenvalue weighted by Gasteiger charge is -2.35. The van der Waals surface area contributed by atoms with Crippen LogP contribution in [0.2, 0.25) is 0 Å². The summed E-state index contributed by atoms with van der Waals surface area (Å²) in [5.74, 6) is -0.699. The number of esters is 1. The lowest BCUT2D eigenvalue weighted by Crippen LogP contribution is -2.48. The maximum absolute atomic E-state index is 13.1. The molecule has 1 aliphatic heterocycles. The molecule has 2 aromatic rings. The van der Waals surface area contributed by atoms with E-state index in [0.29, 0.717) is 34.6 Å². The number of hydrogen-bond acceptors (Lipinski definition) is 4. The van der Waals surface area contributed by atoms with E-state index in [-0.39, 0.29) is 23.5 Å². The third kappa shape index (κ3) is 6.79. The summed E-state index contributed by atoms with van der Waals surface area (Å²) >= 11 is 0. The van der Waals surface area contributed by atoms with Crippen LogP contribution in [-0.2, 0) is 14.9 Å². The molecule has 37 heavy (non-hydrogen) atoms. The molecule has 7 heteroatoms. The molecule has 1 atom stereocenters. The topological polar surface area (TPSA) is 87.7 Å². The quantitative estimate of drug-likeness (QED) is 0.411. The van der Waals surface area contributed by atoms with Crippen molar-refractivity contribution in [3.8, 4) is 0 Å². The van der Waals surface area contributed by atoms with E-state index in [1.807, 2.05) is 30.3 Å². The van der Waals surface area contributed by atoms with E-state index >= 15 is 0 Å². The van der Waals surface area contributed by atoms with Gasteiger partial charge in [-0.3, -0.25) is 9.69 Å². The number of ether oxygens (including phenoxy) is 1. The van der Waals surface area contributed by atoms with Crippen molar-refractivity contribution < 1.29 is 19.1 Å². The predicted octanol–water partition coefficient (Wildman–Crippen LogP) is 6.33. The van der Waals surface area contributed by atoms with Gasteiger partial charge in [0.25, 0.3) is 5.91 Å². The fourth-order valence-corrected chi connectivity index (χ4v) is 4.28. The van der Waals surface area contributed by atoms with Gasteiger partial charge >= 0.3 is 12.0 Å². The molecule has 198 valence electrons. The number of amides is 3. The first-order valence-corrected chi connectivity index (χ1v) is 12.9. The molecule has 0 radical (unpaired) electrons. The minimum Gasteiger partial charge on any atom is -0.459 e. The number of carbonyl (C=O) groups is 3. The number of nitrogens with zero attached hydrogens (tertiary/aromatic N) is 1. The van der Waals surface area contributed by atoms with Crippen LogP contribution in [0.25, 0.3) is 0 Å². The van der Waals surface area contributed by atoms with Crippen LogP contribution in [0.1, 0.15) is 88.8 Å². The summed E-state index contributed by atoms with van der Waals surface area (Å²) in [7, 11) is 0. The molecule has 0 aromatic heterocycles. The van der Waals surface area contributed by atoms with E-state index in [1.165, 1.54) is 0 Å². The van der Waals surface area contributed by atoms with Gasteiger partial charge < -0.3 is 15.4 Å². The largest absolute Gasteiger partial charge is 0.459 e. The molecule has 3 amide bonds. The smallest absolute Gasteiger partial charge is 0.338 e. The fourth-order valence-electron chi connectivity index (χ4n) is 4.28. The molecule has 0 saturated heterocycles. The number of carbonyl (C=O) groups excluding carboxylic acids is 3. The normalized spacial score (nSPS) is 16.1. The van der Waals surface area contributed by atoms with Gasteiger partial charge in [0, 0.05) is 23.5 Å². The van der Waals surface area contributed by atoms with Crippen LogP contribution >= 0.6 is 0 Å². The van der Waals surface area contributed by atoms with Gasteiger partial charge in [-0.1, -0.05) is 58.4 Å². The zero-order valence-electron chi connectivity index (χ0n) is 23.0. The van der Waals surface area contributed by atoms with Crippen molar-refractivity contribution in [2.75, 3.05) is 11.9 Å². The molecule has 0 fully saturated rings. The Kier molecular flexibility index (Phi) is 8.79. The third-order valence-corrected chi connectivity index (χ3v) is 6.39. The number of allylic oxidation sites excluding steroid dienone is 1. The number of unbranched alkanes of at least 4 members (excludes halogenated alkanes) is 1. The molecule has 1 aliphatic rings. The molecule has 1 heterocycles.